The van der Waals surface area contributed by atoms with E-state index in [2.05, 4.69) is 10.1 Å². The number of aromatic nitrogens is 3. The number of aryl methyl sites for hydroxylation is 1. The zero-order valence-electron chi connectivity index (χ0n) is 39.2. The van der Waals surface area contributed by atoms with Crippen LogP contribution in [0.5, 0.6) is 0 Å². The predicted molar refractivity (Wildman–Crippen MR) is 229 cm³/mol. The van der Waals surface area contributed by atoms with Gasteiger partial charge in [0.25, 0.3) is 0 Å². The number of hydrogen-bond acceptors (Lipinski definition) is 17. The van der Waals surface area contributed by atoms with Gasteiger partial charge < -0.3 is 53.0 Å². The van der Waals surface area contributed by atoms with Crippen LogP contribution in [-0.4, -0.2) is 165 Å². The van der Waals surface area contributed by atoms with E-state index >= 15 is 0 Å². The summed E-state index contributed by atoms with van der Waals surface area (Å²) in [5.41, 5.74) is -3.65. The van der Waals surface area contributed by atoms with Crippen molar-refractivity contribution in [3.63, 3.8) is 0 Å². The summed E-state index contributed by atoms with van der Waals surface area (Å²) in [7, 11) is 6.86. The van der Waals surface area contributed by atoms with E-state index < -0.39 is 113 Å². The zero-order valence-corrected chi connectivity index (χ0v) is 40.0. The Hall–Kier alpha value is -2.26. The molecule has 0 bridgehead atoms. The number of ketones is 1. The number of methoxy groups -OCH3 is 2. The first-order valence-electron chi connectivity index (χ1n) is 22.2. The Morgan fingerprint density at radius 3 is 2.21 bits per heavy atom. The van der Waals surface area contributed by atoms with Crippen LogP contribution in [0, 0.1) is 29.6 Å². The fourth-order valence-electron chi connectivity index (χ4n) is 10.5. The molecule has 3 unspecified atom stereocenters. The number of Topliss-reactive ketones (excluding diaryl/α,β-unsaturated/α-hetero) is 1. The van der Waals surface area contributed by atoms with Gasteiger partial charge in [-0.15, -0.1) is 11.8 Å². The van der Waals surface area contributed by atoms with E-state index in [1.54, 1.807) is 45.8 Å². The molecular formula is C44H74N4O13S. The van der Waals surface area contributed by atoms with E-state index in [9.17, 15) is 24.6 Å². The van der Waals surface area contributed by atoms with Gasteiger partial charge in [-0.25, -0.2) is 4.98 Å². The molecule has 0 aliphatic carbocycles. The van der Waals surface area contributed by atoms with Gasteiger partial charge in [-0.3, -0.25) is 19.1 Å². The fraction of sp³-hybridized carbons (Fsp3) is 0.886. The minimum Gasteiger partial charge on any atom is -0.458 e. The molecule has 1 aromatic rings. The molecule has 17 nitrogen and oxygen atoms in total. The van der Waals surface area contributed by atoms with Crippen molar-refractivity contribution in [1.82, 2.24) is 19.7 Å². The average molecular weight is 899 g/mol. The van der Waals surface area contributed by atoms with Crippen molar-refractivity contribution < 1.29 is 62.5 Å². The monoisotopic (exact) mass is 898 g/mol. The lowest BCUT2D eigenvalue weighted by molar-refractivity contribution is -0.319. The number of carbonyl (C=O) groups is 3. The van der Waals surface area contributed by atoms with Crippen LogP contribution in [0.3, 0.4) is 0 Å². The van der Waals surface area contributed by atoms with Crippen LogP contribution in [0.15, 0.2) is 12.7 Å². The largest absolute Gasteiger partial charge is 0.458 e. The van der Waals surface area contributed by atoms with E-state index in [-0.39, 0.29) is 37.2 Å². The molecule has 62 heavy (non-hydrogen) atoms. The molecule has 0 spiro atoms. The SMILES string of the molecule is CC[C@H]1OC(=O)[C@H](C)[C@@H](O[C@H]2C[C@@](C)(OC)[C@@H](O)[C@@H](C)O2)[C@H](C)[C@@H](O[C@@H]2O[C@H](C)C[C@H](N(C)C)[C@H]2O)[C@](C)(OC)C[C@@H](C)C(=O)C(C)C2C(SCCn3cncn3)C(=O)O[C@@]21C. The third-order valence-corrected chi connectivity index (χ3v) is 15.6. The molecule has 4 aliphatic heterocycles. The van der Waals surface area contributed by atoms with Crippen molar-refractivity contribution in [2.45, 2.75) is 185 Å². The Morgan fingerprint density at radius 1 is 0.935 bits per heavy atom. The van der Waals surface area contributed by atoms with Gasteiger partial charge in [0.2, 0.25) is 0 Å². The van der Waals surface area contributed by atoms with E-state index in [0.717, 1.165) is 0 Å². The number of aliphatic hydroxyl groups is 2. The number of hydrogen-bond donors (Lipinski definition) is 2. The molecule has 0 radical (unpaired) electrons. The third kappa shape index (κ3) is 10.4. The topological polar surface area (TPSA) is 199 Å². The lowest BCUT2D eigenvalue weighted by Gasteiger charge is -2.50. The molecule has 4 fully saturated rings. The number of ether oxygens (including phenoxy) is 8. The van der Waals surface area contributed by atoms with Gasteiger partial charge >= 0.3 is 11.9 Å². The Kier molecular flexibility index (Phi) is 16.8. The number of cyclic esters (lactones) is 1. The highest BCUT2D eigenvalue weighted by atomic mass is 32.2. The first kappa shape index (κ1) is 50.7. The Balaban J connectivity index is 1.62. The molecule has 5 heterocycles. The maximum atomic E-state index is 14.9. The second-order valence-electron chi connectivity index (χ2n) is 19.0. The van der Waals surface area contributed by atoms with E-state index in [1.807, 2.05) is 60.5 Å². The van der Waals surface area contributed by atoms with Crippen LogP contribution in [0.1, 0.15) is 94.9 Å². The van der Waals surface area contributed by atoms with E-state index in [0.29, 0.717) is 18.7 Å². The Morgan fingerprint density at radius 2 is 1.61 bits per heavy atom. The van der Waals surface area contributed by atoms with Gasteiger partial charge in [0.1, 0.15) is 42.0 Å². The van der Waals surface area contributed by atoms with Gasteiger partial charge in [0, 0.05) is 56.1 Å². The van der Waals surface area contributed by atoms with Gasteiger partial charge in [-0.1, -0.05) is 27.7 Å². The molecule has 18 heteroatoms. The van der Waals surface area contributed by atoms with E-state index in [4.69, 9.17) is 37.9 Å². The molecule has 0 amide bonds. The van der Waals surface area contributed by atoms with Gasteiger partial charge in [-0.2, -0.15) is 5.10 Å². The molecule has 4 saturated heterocycles. The molecule has 2 N–H and O–H groups in total. The van der Waals surface area contributed by atoms with Crippen LogP contribution >= 0.6 is 11.8 Å². The number of fused-ring (bicyclic) bond motifs is 1. The summed E-state index contributed by atoms with van der Waals surface area (Å²) in [6, 6.07) is -0.289. The summed E-state index contributed by atoms with van der Waals surface area (Å²) in [6.07, 6.45) is -3.72. The second kappa shape index (κ2) is 20.5. The third-order valence-electron chi connectivity index (χ3n) is 14.3. The quantitative estimate of drug-likeness (QED) is 0.288. The minimum absolute atomic E-state index is 0.118. The minimum atomic E-state index is -1.37. The molecule has 1 aromatic heterocycles. The fourth-order valence-corrected chi connectivity index (χ4v) is 12.0. The first-order chi connectivity index (χ1) is 29.0. The highest BCUT2D eigenvalue weighted by molar-refractivity contribution is 8.00. The van der Waals surface area contributed by atoms with E-state index in [1.165, 1.54) is 25.2 Å². The lowest BCUT2D eigenvalue weighted by Crippen LogP contribution is -2.61. The van der Waals surface area contributed by atoms with Crippen molar-refractivity contribution in [1.29, 1.82) is 0 Å². The van der Waals surface area contributed by atoms with Crippen LogP contribution in [0.4, 0.5) is 0 Å². The summed E-state index contributed by atoms with van der Waals surface area (Å²) < 4.78 is 53.1. The molecular weight excluding hydrogens is 825 g/mol. The van der Waals surface area contributed by atoms with Gasteiger partial charge in [0.05, 0.1) is 48.1 Å². The number of esters is 2. The number of thioether (sulfide) groups is 1. The van der Waals surface area contributed by atoms with Crippen molar-refractivity contribution in [3.05, 3.63) is 12.7 Å². The van der Waals surface area contributed by atoms with Crippen LogP contribution in [-0.2, 0) is 58.8 Å². The van der Waals surface area contributed by atoms with Gasteiger partial charge in [0.15, 0.2) is 18.2 Å². The van der Waals surface area contributed by atoms with Gasteiger partial charge in [-0.05, 0) is 74.9 Å². The molecule has 19 atom stereocenters. The number of aliphatic hydroxyl groups excluding tert-OH is 2. The molecule has 354 valence electrons. The Labute approximate surface area is 371 Å². The van der Waals surface area contributed by atoms with Crippen LogP contribution in [0.25, 0.3) is 0 Å². The molecule has 5 rings (SSSR count). The maximum Gasteiger partial charge on any atom is 0.320 e. The van der Waals surface area contributed by atoms with Crippen molar-refractivity contribution in [2.24, 2.45) is 29.6 Å². The number of likely N-dealkylation sites (N-methyl/N-ethyl adjacent to an activating group) is 1. The lowest BCUT2D eigenvalue weighted by atomic mass is 9.70. The van der Waals surface area contributed by atoms with Crippen molar-refractivity contribution in [3.8, 4) is 0 Å². The summed E-state index contributed by atoms with van der Waals surface area (Å²) in [4.78, 5) is 49.7. The van der Waals surface area contributed by atoms with Crippen LogP contribution in [0.2, 0.25) is 0 Å². The molecule has 4 aliphatic rings. The highest BCUT2D eigenvalue weighted by Gasteiger charge is 2.62. The first-order valence-corrected chi connectivity index (χ1v) is 23.3. The highest BCUT2D eigenvalue weighted by Crippen LogP contribution is 2.49. The number of rotatable bonds is 12. The predicted octanol–water partition coefficient (Wildman–Crippen LogP) is 3.65. The molecule has 0 aromatic carbocycles. The summed E-state index contributed by atoms with van der Waals surface area (Å²) in [6.45, 7) is 18.7. The number of nitrogens with zero attached hydrogens (tertiary/aromatic N) is 4. The number of carbonyl (C=O) groups excluding carboxylic acids is 3. The summed E-state index contributed by atoms with van der Waals surface area (Å²) in [5.74, 6) is -4.46. The second-order valence-corrected chi connectivity index (χ2v) is 20.3. The normalized spacial score (nSPS) is 45.0. The zero-order chi connectivity index (χ0) is 46.1. The average Bonchev–Trinajstić information content (AvgIpc) is 3.84. The molecule has 0 saturated carbocycles. The summed E-state index contributed by atoms with van der Waals surface area (Å²) in [5, 5.41) is 26.3. The van der Waals surface area contributed by atoms with Crippen LogP contribution < -0.4 is 0 Å². The van der Waals surface area contributed by atoms with Crippen molar-refractivity contribution in [2.75, 3.05) is 34.1 Å². The maximum absolute atomic E-state index is 14.9. The summed E-state index contributed by atoms with van der Waals surface area (Å²) >= 11 is 1.39. The Bertz CT molecular complexity index is 1660. The standard InChI is InChI=1S/C44H74N4O13S/c1-15-30-44(10)32(36(40(53)61-44)62-17-16-48-22-45-21-46-48)25(4)33(49)23(2)19-43(9,55-14)38(60-41-34(50)29(47(11)12)18-24(3)56-41)26(5)35(27(6)39(52)58-30)59-31-20-42(8,54-13)37(51)28(7)57-31/h21-32,34-38,41,50-51H,15-20H2,1-14H3/t23-,24-,25?,26+,27-,28-,29+,30-,31+,32?,34-,35+,36?,37+,38-,41+,42-,43-,44-/m1/s1. The van der Waals surface area contributed by atoms with Crippen molar-refractivity contribution >= 4 is 29.5 Å². The smallest absolute Gasteiger partial charge is 0.320 e.